The number of halogens is 1. The maximum atomic E-state index is 12.9. The van der Waals surface area contributed by atoms with Gasteiger partial charge in [-0.1, -0.05) is 42.5 Å². The van der Waals surface area contributed by atoms with E-state index in [0.29, 0.717) is 0 Å². The first-order chi connectivity index (χ1) is 8.66. The Morgan fingerprint density at radius 3 is 2.11 bits per heavy atom. The van der Waals surface area contributed by atoms with Crippen molar-refractivity contribution in [2.24, 2.45) is 0 Å². The number of rotatable bonds is 3. The molecular formula is C15H13FO2. The van der Waals surface area contributed by atoms with Gasteiger partial charge in [0.15, 0.2) is 6.10 Å². The molecule has 92 valence electrons. The Labute approximate surface area is 105 Å². The number of carbonyl (C=O) groups is 1. The van der Waals surface area contributed by atoms with Crippen molar-refractivity contribution in [2.75, 3.05) is 0 Å². The van der Waals surface area contributed by atoms with Crippen LogP contribution in [-0.4, -0.2) is 5.97 Å². The Bertz CT molecular complexity index is 520. The molecule has 0 saturated carbocycles. The highest BCUT2D eigenvalue weighted by Gasteiger charge is 2.16. The maximum Gasteiger partial charge on any atom is 0.303 e. The van der Waals surface area contributed by atoms with E-state index in [-0.39, 0.29) is 11.8 Å². The lowest BCUT2D eigenvalue weighted by Crippen LogP contribution is -2.10. The van der Waals surface area contributed by atoms with Gasteiger partial charge in [0, 0.05) is 6.92 Å². The van der Waals surface area contributed by atoms with E-state index in [2.05, 4.69) is 0 Å². The van der Waals surface area contributed by atoms with Crippen molar-refractivity contribution in [3.8, 4) is 0 Å². The molecule has 0 amide bonds. The zero-order chi connectivity index (χ0) is 13.0. The minimum Gasteiger partial charge on any atom is -0.453 e. The predicted molar refractivity (Wildman–Crippen MR) is 66.5 cm³/mol. The second-order valence-corrected chi connectivity index (χ2v) is 3.95. The fraction of sp³-hybridized carbons (Fsp3) is 0.133. The van der Waals surface area contributed by atoms with Gasteiger partial charge in [-0.2, -0.15) is 0 Å². The maximum absolute atomic E-state index is 12.9. The van der Waals surface area contributed by atoms with Gasteiger partial charge in [-0.25, -0.2) is 4.39 Å². The van der Waals surface area contributed by atoms with Crippen molar-refractivity contribution in [3.63, 3.8) is 0 Å². The Morgan fingerprint density at radius 2 is 1.56 bits per heavy atom. The summed E-state index contributed by atoms with van der Waals surface area (Å²) in [6, 6.07) is 15.3. The zero-order valence-corrected chi connectivity index (χ0v) is 9.97. The van der Waals surface area contributed by atoms with Crippen LogP contribution < -0.4 is 0 Å². The van der Waals surface area contributed by atoms with Crippen molar-refractivity contribution < 1.29 is 13.9 Å². The first-order valence-corrected chi connectivity index (χ1v) is 5.64. The molecule has 0 heterocycles. The van der Waals surface area contributed by atoms with Gasteiger partial charge in [-0.3, -0.25) is 4.79 Å². The Balaban J connectivity index is 2.36. The summed E-state index contributed by atoms with van der Waals surface area (Å²) in [5.74, 6) is -0.679. The second-order valence-electron chi connectivity index (χ2n) is 3.95. The van der Waals surface area contributed by atoms with E-state index in [0.717, 1.165) is 11.1 Å². The molecule has 2 rings (SSSR count). The number of ether oxygens (including phenoxy) is 1. The molecule has 0 aliphatic carbocycles. The minimum absolute atomic E-state index is 0.312. The topological polar surface area (TPSA) is 26.3 Å². The fourth-order valence-electron chi connectivity index (χ4n) is 1.76. The van der Waals surface area contributed by atoms with Crippen LogP contribution in [0.2, 0.25) is 0 Å². The van der Waals surface area contributed by atoms with Crippen LogP contribution in [0.1, 0.15) is 24.2 Å². The third kappa shape index (κ3) is 2.94. The van der Waals surface area contributed by atoms with E-state index >= 15 is 0 Å². The van der Waals surface area contributed by atoms with Crippen LogP contribution >= 0.6 is 0 Å². The smallest absolute Gasteiger partial charge is 0.303 e. The summed E-state index contributed by atoms with van der Waals surface area (Å²) in [4.78, 5) is 11.2. The van der Waals surface area contributed by atoms with Crippen LogP contribution in [0.25, 0.3) is 0 Å². The highest BCUT2D eigenvalue weighted by atomic mass is 19.1. The molecule has 2 nitrogen and oxygen atoms in total. The van der Waals surface area contributed by atoms with E-state index in [4.69, 9.17) is 4.74 Å². The molecular weight excluding hydrogens is 231 g/mol. The molecule has 0 aliphatic heterocycles. The number of esters is 1. The first kappa shape index (κ1) is 12.3. The molecule has 0 radical (unpaired) electrons. The van der Waals surface area contributed by atoms with Gasteiger partial charge in [-0.05, 0) is 23.3 Å². The molecule has 0 N–H and O–H groups in total. The van der Waals surface area contributed by atoms with E-state index in [1.807, 2.05) is 30.3 Å². The minimum atomic E-state index is -0.496. The monoisotopic (exact) mass is 244 g/mol. The number of carbonyl (C=O) groups excluding carboxylic acids is 1. The quantitative estimate of drug-likeness (QED) is 0.773. The molecule has 0 aliphatic rings. The van der Waals surface area contributed by atoms with Crippen LogP contribution in [0.5, 0.6) is 0 Å². The standard InChI is InChI=1S/C15H13FO2/c1-11(17)18-15(12-5-3-2-4-6-12)13-7-9-14(16)10-8-13/h2-10,15H,1H3. The average molecular weight is 244 g/mol. The van der Waals surface area contributed by atoms with Crippen molar-refractivity contribution in [1.29, 1.82) is 0 Å². The molecule has 1 unspecified atom stereocenters. The lowest BCUT2D eigenvalue weighted by Gasteiger charge is -2.17. The van der Waals surface area contributed by atoms with Gasteiger partial charge >= 0.3 is 5.97 Å². The van der Waals surface area contributed by atoms with Crippen molar-refractivity contribution in [1.82, 2.24) is 0 Å². The van der Waals surface area contributed by atoms with Crippen molar-refractivity contribution in [2.45, 2.75) is 13.0 Å². The van der Waals surface area contributed by atoms with E-state index in [1.165, 1.54) is 19.1 Å². The molecule has 0 bridgehead atoms. The van der Waals surface area contributed by atoms with Gasteiger partial charge in [0.25, 0.3) is 0 Å². The zero-order valence-electron chi connectivity index (χ0n) is 9.97. The summed E-state index contributed by atoms with van der Waals surface area (Å²) < 4.78 is 18.2. The lowest BCUT2D eigenvalue weighted by molar-refractivity contribution is -0.144. The Hall–Kier alpha value is -2.16. The Kier molecular flexibility index (Phi) is 3.72. The molecule has 0 spiro atoms. The molecule has 2 aromatic rings. The molecule has 0 aromatic heterocycles. The van der Waals surface area contributed by atoms with Gasteiger partial charge < -0.3 is 4.74 Å². The SMILES string of the molecule is CC(=O)OC(c1ccccc1)c1ccc(F)cc1. The third-order valence-corrected chi connectivity index (χ3v) is 2.56. The largest absolute Gasteiger partial charge is 0.453 e. The predicted octanol–water partition coefficient (Wildman–Crippen LogP) is 3.48. The molecule has 2 aromatic carbocycles. The summed E-state index contributed by atoms with van der Waals surface area (Å²) in [6.07, 6.45) is -0.496. The van der Waals surface area contributed by atoms with E-state index in [1.54, 1.807) is 12.1 Å². The van der Waals surface area contributed by atoms with Gasteiger partial charge in [0.05, 0.1) is 0 Å². The van der Waals surface area contributed by atoms with Crippen LogP contribution in [0.3, 0.4) is 0 Å². The fourth-order valence-corrected chi connectivity index (χ4v) is 1.76. The van der Waals surface area contributed by atoms with Crippen LogP contribution in [0, 0.1) is 5.82 Å². The molecule has 0 fully saturated rings. The normalized spacial score (nSPS) is 11.9. The number of hydrogen-bond donors (Lipinski definition) is 0. The summed E-state index contributed by atoms with van der Waals surface area (Å²) in [5, 5.41) is 0. The molecule has 0 saturated heterocycles. The number of benzene rings is 2. The second kappa shape index (κ2) is 5.45. The van der Waals surface area contributed by atoms with Gasteiger partial charge in [-0.15, -0.1) is 0 Å². The first-order valence-electron chi connectivity index (χ1n) is 5.64. The summed E-state index contributed by atoms with van der Waals surface area (Å²) in [6.45, 7) is 1.36. The van der Waals surface area contributed by atoms with Crippen LogP contribution in [0.4, 0.5) is 4.39 Å². The van der Waals surface area contributed by atoms with Crippen LogP contribution in [0.15, 0.2) is 54.6 Å². The van der Waals surface area contributed by atoms with Crippen molar-refractivity contribution in [3.05, 3.63) is 71.5 Å². The average Bonchev–Trinajstić information content (AvgIpc) is 2.38. The molecule has 18 heavy (non-hydrogen) atoms. The highest BCUT2D eigenvalue weighted by Crippen LogP contribution is 2.26. The van der Waals surface area contributed by atoms with E-state index in [9.17, 15) is 9.18 Å². The van der Waals surface area contributed by atoms with Crippen LogP contribution in [-0.2, 0) is 9.53 Å². The lowest BCUT2D eigenvalue weighted by atomic mass is 10.0. The van der Waals surface area contributed by atoms with E-state index < -0.39 is 6.10 Å². The highest BCUT2D eigenvalue weighted by molar-refractivity contribution is 5.66. The summed E-state index contributed by atoms with van der Waals surface area (Å²) in [5.41, 5.74) is 1.61. The summed E-state index contributed by atoms with van der Waals surface area (Å²) in [7, 11) is 0. The third-order valence-electron chi connectivity index (χ3n) is 2.56. The number of hydrogen-bond acceptors (Lipinski definition) is 2. The summed E-state index contributed by atoms with van der Waals surface area (Å²) >= 11 is 0. The Morgan fingerprint density at radius 1 is 1.00 bits per heavy atom. The van der Waals surface area contributed by atoms with Gasteiger partial charge in [0.2, 0.25) is 0 Å². The van der Waals surface area contributed by atoms with Gasteiger partial charge in [0.1, 0.15) is 5.82 Å². The molecule has 1 atom stereocenters. The van der Waals surface area contributed by atoms with Crippen molar-refractivity contribution >= 4 is 5.97 Å². The molecule has 3 heteroatoms.